The van der Waals surface area contributed by atoms with Gasteiger partial charge in [-0.05, 0) is 32.4 Å². The van der Waals surface area contributed by atoms with E-state index in [1.807, 2.05) is 0 Å². The minimum atomic E-state index is 0.148. The summed E-state index contributed by atoms with van der Waals surface area (Å²) >= 11 is 0. The largest absolute Gasteiger partial charge is 0.317 e. The Morgan fingerprint density at radius 2 is 2.31 bits per heavy atom. The van der Waals surface area contributed by atoms with Crippen molar-refractivity contribution in [1.82, 2.24) is 20.3 Å². The number of hydrogen-bond acceptors (Lipinski definition) is 4. The van der Waals surface area contributed by atoms with E-state index in [2.05, 4.69) is 22.6 Å². The highest BCUT2D eigenvalue weighted by Gasteiger charge is 2.24. The summed E-state index contributed by atoms with van der Waals surface area (Å²) in [4.78, 5) is 12.2. The number of ketones is 1. The van der Waals surface area contributed by atoms with Crippen LogP contribution in [0, 0.1) is 5.92 Å². The zero-order valence-electron chi connectivity index (χ0n) is 9.65. The number of piperidine rings is 1. The van der Waals surface area contributed by atoms with Crippen LogP contribution in [0.25, 0.3) is 0 Å². The van der Waals surface area contributed by atoms with Crippen molar-refractivity contribution in [2.45, 2.75) is 32.7 Å². The van der Waals surface area contributed by atoms with Crippen molar-refractivity contribution in [2.24, 2.45) is 5.92 Å². The normalized spacial score (nSPS) is 17.6. The van der Waals surface area contributed by atoms with E-state index in [9.17, 15) is 4.79 Å². The van der Waals surface area contributed by atoms with Gasteiger partial charge in [-0.15, -0.1) is 5.10 Å². The molecular weight excluding hydrogens is 204 g/mol. The molecule has 1 aromatic rings. The summed E-state index contributed by atoms with van der Waals surface area (Å²) in [5.74, 6) is 0.357. The van der Waals surface area contributed by atoms with Crippen LogP contribution in [0.4, 0.5) is 0 Å². The van der Waals surface area contributed by atoms with E-state index in [1.165, 1.54) is 0 Å². The van der Waals surface area contributed by atoms with Crippen molar-refractivity contribution in [2.75, 3.05) is 13.1 Å². The van der Waals surface area contributed by atoms with Gasteiger partial charge in [-0.25, -0.2) is 4.68 Å². The fourth-order valence-electron chi connectivity index (χ4n) is 2.12. The highest BCUT2D eigenvalue weighted by Crippen LogP contribution is 2.17. The van der Waals surface area contributed by atoms with Gasteiger partial charge in [0.25, 0.3) is 0 Å². The molecule has 1 aliphatic rings. The van der Waals surface area contributed by atoms with Gasteiger partial charge in [-0.2, -0.15) is 0 Å². The maximum absolute atomic E-state index is 12.2. The van der Waals surface area contributed by atoms with Crippen LogP contribution in [-0.2, 0) is 6.54 Å². The van der Waals surface area contributed by atoms with Gasteiger partial charge in [0.15, 0.2) is 5.78 Å². The number of carbonyl (C=O) groups excluding carboxylic acids is 1. The molecule has 0 aliphatic carbocycles. The Kier molecular flexibility index (Phi) is 3.66. The lowest BCUT2D eigenvalue weighted by molar-refractivity contribution is 0.0883. The van der Waals surface area contributed by atoms with Crippen LogP contribution in [0.1, 0.15) is 36.7 Å². The number of aromatic nitrogens is 3. The molecule has 0 atom stereocenters. The average molecular weight is 222 g/mol. The quantitative estimate of drug-likeness (QED) is 0.768. The molecule has 1 aromatic heterocycles. The number of hydrogen-bond donors (Lipinski definition) is 1. The van der Waals surface area contributed by atoms with Gasteiger partial charge in [-0.1, -0.05) is 12.1 Å². The van der Waals surface area contributed by atoms with Crippen LogP contribution in [0.3, 0.4) is 0 Å². The van der Waals surface area contributed by atoms with Crippen LogP contribution in [0.15, 0.2) is 6.20 Å². The Hall–Kier alpha value is -1.23. The first kappa shape index (κ1) is 11.3. The van der Waals surface area contributed by atoms with Crippen LogP contribution in [-0.4, -0.2) is 33.9 Å². The first-order valence-corrected chi connectivity index (χ1v) is 5.96. The molecule has 1 aliphatic heterocycles. The molecule has 0 saturated carbocycles. The second-order valence-corrected chi connectivity index (χ2v) is 4.23. The minimum absolute atomic E-state index is 0.148. The summed E-state index contributed by atoms with van der Waals surface area (Å²) in [6.45, 7) is 4.71. The van der Waals surface area contributed by atoms with Gasteiger partial charge in [0.05, 0.1) is 6.20 Å². The molecule has 1 N–H and O–H groups in total. The second kappa shape index (κ2) is 5.21. The molecule has 0 radical (unpaired) electrons. The third kappa shape index (κ3) is 2.29. The molecule has 0 aromatic carbocycles. The van der Waals surface area contributed by atoms with Gasteiger partial charge >= 0.3 is 0 Å². The predicted octanol–water partition coefficient (Wildman–Crippen LogP) is 0.870. The molecule has 88 valence electrons. The van der Waals surface area contributed by atoms with E-state index in [4.69, 9.17) is 0 Å². The van der Waals surface area contributed by atoms with E-state index in [0.717, 1.165) is 38.9 Å². The lowest BCUT2D eigenvalue weighted by Gasteiger charge is -2.21. The van der Waals surface area contributed by atoms with Crippen molar-refractivity contribution in [3.8, 4) is 0 Å². The Morgan fingerprint density at radius 1 is 1.56 bits per heavy atom. The monoisotopic (exact) mass is 222 g/mol. The maximum atomic E-state index is 12.2. The second-order valence-electron chi connectivity index (χ2n) is 4.23. The Labute approximate surface area is 95.2 Å². The summed E-state index contributed by atoms with van der Waals surface area (Å²) in [6, 6.07) is 0. The summed E-state index contributed by atoms with van der Waals surface area (Å²) in [5.41, 5.74) is 0.675. The third-order valence-electron chi connectivity index (χ3n) is 3.02. The molecule has 0 amide bonds. The molecule has 2 rings (SSSR count). The summed E-state index contributed by atoms with van der Waals surface area (Å²) < 4.78 is 1.73. The number of nitrogens with zero attached hydrogens (tertiary/aromatic N) is 3. The van der Waals surface area contributed by atoms with Gasteiger partial charge in [0.2, 0.25) is 0 Å². The Bertz CT molecular complexity index is 355. The Balaban J connectivity index is 2.09. The van der Waals surface area contributed by atoms with Gasteiger partial charge < -0.3 is 5.32 Å². The molecule has 5 nitrogen and oxygen atoms in total. The lowest BCUT2D eigenvalue weighted by atomic mass is 9.92. The summed E-state index contributed by atoms with van der Waals surface area (Å²) in [6.07, 6.45) is 4.42. The number of aryl methyl sites for hydroxylation is 1. The molecule has 0 spiro atoms. The minimum Gasteiger partial charge on any atom is -0.317 e. The van der Waals surface area contributed by atoms with Gasteiger partial charge in [0.1, 0.15) is 5.69 Å². The van der Waals surface area contributed by atoms with Crippen molar-refractivity contribution < 1.29 is 4.79 Å². The maximum Gasteiger partial charge on any atom is 0.185 e. The zero-order chi connectivity index (χ0) is 11.4. The standard InChI is InChI=1S/C11H18N4O/c1-2-7-15-10(8-13-14-15)11(16)9-3-5-12-6-4-9/h8-9,12H,2-7H2,1H3. The number of Topliss-reactive ketones (excluding diaryl/α,β-unsaturated/α-hetero) is 1. The number of nitrogens with one attached hydrogen (secondary N) is 1. The molecule has 2 heterocycles. The van der Waals surface area contributed by atoms with E-state index in [-0.39, 0.29) is 11.7 Å². The van der Waals surface area contributed by atoms with Crippen LogP contribution in [0.2, 0.25) is 0 Å². The first-order valence-electron chi connectivity index (χ1n) is 5.96. The fourth-order valence-corrected chi connectivity index (χ4v) is 2.12. The smallest absolute Gasteiger partial charge is 0.185 e. The topological polar surface area (TPSA) is 59.8 Å². The van der Waals surface area contributed by atoms with Crippen molar-refractivity contribution >= 4 is 5.78 Å². The molecule has 0 bridgehead atoms. The van der Waals surface area contributed by atoms with Crippen LogP contribution >= 0.6 is 0 Å². The Morgan fingerprint density at radius 3 is 3.00 bits per heavy atom. The third-order valence-corrected chi connectivity index (χ3v) is 3.02. The van der Waals surface area contributed by atoms with Crippen molar-refractivity contribution in [1.29, 1.82) is 0 Å². The van der Waals surface area contributed by atoms with E-state index in [0.29, 0.717) is 5.69 Å². The summed E-state index contributed by atoms with van der Waals surface area (Å²) in [7, 11) is 0. The highest BCUT2D eigenvalue weighted by molar-refractivity contribution is 5.96. The molecule has 1 saturated heterocycles. The lowest BCUT2D eigenvalue weighted by Crippen LogP contribution is -2.32. The molecule has 0 unspecified atom stereocenters. The van der Waals surface area contributed by atoms with Crippen LogP contribution < -0.4 is 5.32 Å². The molecule has 16 heavy (non-hydrogen) atoms. The number of carbonyl (C=O) groups is 1. The van der Waals surface area contributed by atoms with E-state index >= 15 is 0 Å². The highest BCUT2D eigenvalue weighted by atomic mass is 16.1. The first-order chi connectivity index (χ1) is 7.83. The van der Waals surface area contributed by atoms with Gasteiger partial charge in [-0.3, -0.25) is 4.79 Å². The predicted molar refractivity (Wildman–Crippen MR) is 60.2 cm³/mol. The molecular formula is C11H18N4O. The van der Waals surface area contributed by atoms with Crippen molar-refractivity contribution in [3.63, 3.8) is 0 Å². The number of rotatable bonds is 4. The summed E-state index contributed by atoms with van der Waals surface area (Å²) in [5, 5.41) is 11.0. The van der Waals surface area contributed by atoms with Gasteiger partial charge in [0, 0.05) is 12.5 Å². The fraction of sp³-hybridized carbons (Fsp3) is 0.727. The molecule has 1 fully saturated rings. The van der Waals surface area contributed by atoms with E-state index in [1.54, 1.807) is 10.9 Å². The van der Waals surface area contributed by atoms with Crippen LogP contribution in [0.5, 0.6) is 0 Å². The van der Waals surface area contributed by atoms with Crippen molar-refractivity contribution in [3.05, 3.63) is 11.9 Å². The average Bonchev–Trinajstić information content (AvgIpc) is 2.78. The van der Waals surface area contributed by atoms with E-state index < -0.39 is 0 Å². The zero-order valence-corrected chi connectivity index (χ0v) is 9.65. The molecule has 5 heteroatoms. The SMILES string of the molecule is CCCn1nncc1C(=O)C1CCNCC1.